The Hall–Kier alpha value is -1.58. The molecule has 1 aliphatic rings. The van der Waals surface area contributed by atoms with Gasteiger partial charge in [-0.2, -0.15) is 0 Å². The number of H-pyrrole nitrogens is 1. The lowest BCUT2D eigenvalue weighted by atomic mass is 10.1. The van der Waals surface area contributed by atoms with E-state index in [2.05, 4.69) is 10.1 Å². The zero-order chi connectivity index (χ0) is 10.3. The number of nitrogens with one attached hydrogen (secondary N) is 1. The van der Waals surface area contributed by atoms with Crippen LogP contribution in [0.1, 0.15) is 37.4 Å². The van der Waals surface area contributed by atoms with E-state index in [1.165, 1.54) is 25.7 Å². The van der Waals surface area contributed by atoms with Gasteiger partial charge in [0.1, 0.15) is 5.82 Å². The van der Waals surface area contributed by atoms with Gasteiger partial charge in [0.25, 0.3) is 0 Å². The first-order valence-corrected chi connectivity index (χ1v) is 5.41. The van der Waals surface area contributed by atoms with Crippen molar-refractivity contribution in [2.45, 2.75) is 31.6 Å². The van der Waals surface area contributed by atoms with Crippen molar-refractivity contribution in [1.82, 2.24) is 14.6 Å². The lowest BCUT2D eigenvalue weighted by Gasteiger charge is -2.01. The van der Waals surface area contributed by atoms with E-state index in [4.69, 9.17) is 0 Å². The van der Waals surface area contributed by atoms with E-state index in [9.17, 15) is 4.79 Å². The van der Waals surface area contributed by atoms with Gasteiger partial charge in [0.15, 0.2) is 11.1 Å². The first-order valence-electron chi connectivity index (χ1n) is 5.41. The summed E-state index contributed by atoms with van der Waals surface area (Å²) in [5, 5.41) is 3.23. The SMILES string of the molecule is O=c1ccn2[nH]c(C3CCCC3)nc2c1. The summed E-state index contributed by atoms with van der Waals surface area (Å²) in [6.45, 7) is 0. The van der Waals surface area contributed by atoms with Gasteiger partial charge in [0.2, 0.25) is 0 Å². The zero-order valence-corrected chi connectivity index (χ0v) is 8.44. The van der Waals surface area contributed by atoms with Crippen LogP contribution in [0.4, 0.5) is 0 Å². The van der Waals surface area contributed by atoms with Crippen molar-refractivity contribution in [3.8, 4) is 0 Å². The standard InChI is InChI=1S/C11H13N3O/c15-9-5-6-14-10(7-9)12-11(13-14)8-3-1-2-4-8/h5-8H,1-4H2,(H,12,13). The second-order valence-corrected chi connectivity index (χ2v) is 4.18. The summed E-state index contributed by atoms with van der Waals surface area (Å²) in [4.78, 5) is 15.6. The highest BCUT2D eigenvalue weighted by molar-refractivity contribution is 5.36. The number of aromatic nitrogens is 3. The summed E-state index contributed by atoms with van der Waals surface area (Å²) in [5.74, 6) is 1.58. The molecule has 15 heavy (non-hydrogen) atoms. The molecule has 0 saturated heterocycles. The topological polar surface area (TPSA) is 50.2 Å². The molecule has 0 unspecified atom stereocenters. The number of aromatic amines is 1. The molecule has 0 aromatic carbocycles. The molecule has 0 amide bonds. The van der Waals surface area contributed by atoms with Crippen molar-refractivity contribution in [2.24, 2.45) is 0 Å². The molecule has 0 atom stereocenters. The Balaban J connectivity index is 2.09. The maximum atomic E-state index is 11.1. The smallest absolute Gasteiger partial charge is 0.183 e. The van der Waals surface area contributed by atoms with Crippen LogP contribution in [-0.2, 0) is 0 Å². The van der Waals surface area contributed by atoms with Crippen LogP contribution >= 0.6 is 0 Å². The average Bonchev–Trinajstić information content (AvgIpc) is 2.84. The molecule has 0 spiro atoms. The molecule has 1 saturated carbocycles. The predicted octanol–water partition coefficient (Wildman–Crippen LogP) is 1.68. The van der Waals surface area contributed by atoms with Crippen LogP contribution in [-0.4, -0.2) is 14.6 Å². The van der Waals surface area contributed by atoms with Gasteiger partial charge in [-0.25, -0.2) is 9.50 Å². The van der Waals surface area contributed by atoms with Crippen LogP contribution in [0.5, 0.6) is 0 Å². The van der Waals surface area contributed by atoms with Gasteiger partial charge in [-0.05, 0) is 12.8 Å². The fraction of sp³-hybridized carbons (Fsp3) is 0.455. The van der Waals surface area contributed by atoms with Gasteiger partial charge in [0.05, 0.1) is 0 Å². The van der Waals surface area contributed by atoms with Gasteiger partial charge >= 0.3 is 0 Å². The quantitative estimate of drug-likeness (QED) is 0.766. The number of fused-ring (bicyclic) bond motifs is 1. The van der Waals surface area contributed by atoms with Crippen molar-refractivity contribution in [2.75, 3.05) is 0 Å². The summed E-state index contributed by atoms with van der Waals surface area (Å²) >= 11 is 0. The van der Waals surface area contributed by atoms with E-state index in [0.29, 0.717) is 5.92 Å². The van der Waals surface area contributed by atoms with Gasteiger partial charge in [-0.15, -0.1) is 0 Å². The van der Waals surface area contributed by atoms with E-state index in [-0.39, 0.29) is 5.43 Å². The Morgan fingerprint density at radius 2 is 2.20 bits per heavy atom. The Morgan fingerprint density at radius 1 is 1.40 bits per heavy atom. The number of hydrogen-bond donors (Lipinski definition) is 1. The van der Waals surface area contributed by atoms with Crippen LogP contribution in [0.2, 0.25) is 0 Å². The van der Waals surface area contributed by atoms with E-state index >= 15 is 0 Å². The fourth-order valence-electron chi connectivity index (χ4n) is 2.30. The third kappa shape index (κ3) is 1.46. The highest BCUT2D eigenvalue weighted by atomic mass is 16.1. The van der Waals surface area contributed by atoms with Gasteiger partial charge in [0, 0.05) is 24.2 Å². The van der Waals surface area contributed by atoms with Gasteiger partial charge in [-0.3, -0.25) is 9.89 Å². The van der Waals surface area contributed by atoms with Crippen molar-refractivity contribution in [3.63, 3.8) is 0 Å². The van der Waals surface area contributed by atoms with Gasteiger partial charge in [-0.1, -0.05) is 12.8 Å². The molecule has 1 aliphatic carbocycles. The summed E-state index contributed by atoms with van der Waals surface area (Å²) in [6.07, 6.45) is 6.75. The van der Waals surface area contributed by atoms with Crippen molar-refractivity contribution < 1.29 is 0 Å². The molecule has 4 nitrogen and oxygen atoms in total. The second kappa shape index (κ2) is 3.22. The first kappa shape index (κ1) is 8.71. The molecule has 2 aromatic rings. The lowest BCUT2D eigenvalue weighted by molar-refractivity contribution is 0.666. The predicted molar refractivity (Wildman–Crippen MR) is 57.0 cm³/mol. The number of rotatable bonds is 1. The fourth-order valence-corrected chi connectivity index (χ4v) is 2.30. The minimum absolute atomic E-state index is 0.0134. The minimum atomic E-state index is 0.0134. The van der Waals surface area contributed by atoms with Gasteiger partial charge < -0.3 is 0 Å². The number of hydrogen-bond acceptors (Lipinski definition) is 2. The Morgan fingerprint density at radius 3 is 3.00 bits per heavy atom. The van der Waals surface area contributed by atoms with Crippen LogP contribution in [0.25, 0.3) is 5.65 Å². The van der Waals surface area contributed by atoms with E-state index < -0.39 is 0 Å². The second-order valence-electron chi connectivity index (χ2n) is 4.18. The molecule has 78 valence electrons. The first-order chi connectivity index (χ1) is 7.33. The highest BCUT2D eigenvalue weighted by Crippen LogP contribution is 2.32. The largest absolute Gasteiger partial charge is 0.290 e. The van der Waals surface area contributed by atoms with Crippen LogP contribution in [0.3, 0.4) is 0 Å². The van der Waals surface area contributed by atoms with Crippen LogP contribution in [0.15, 0.2) is 23.1 Å². The monoisotopic (exact) mass is 203 g/mol. The highest BCUT2D eigenvalue weighted by Gasteiger charge is 2.20. The molecule has 4 heteroatoms. The van der Waals surface area contributed by atoms with E-state index in [1.54, 1.807) is 18.3 Å². The molecule has 2 heterocycles. The number of nitrogens with zero attached hydrogens (tertiary/aromatic N) is 2. The maximum Gasteiger partial charge on any atom is 0.183 e. The van der Waals surface area contributed by atoms with E-state index in [0.717, 1.165) is 11.5 Å². The van der Waals surface area contributed by atoms with Crippen molar-refractivity contribution in [1.29, 1.82) is 0 Å². The molecule has 0 bridgehead atoms. The normalized spacial score (nSPS) is 17.6. The summed E-state index contributed by atoms with van der Waals surface area (Å²) in [6, 6.07) is 3.11. The summed E-state index contributed by atoms with van der Waals surface area (Å²) in [7, 11) is 0. The van der Waals surface area contributed by atoms with E-state index in [1.807, 2.05) is 4.52 Å². The Bertz CT molecular complexity index is 534. The summed E-state index contributed by atoms with van der Waals surface area (Å²) < 4.78 is 1.81. The molecular weight excluding hydrogens is 190 g/mol. The number of pyridine rings is 1. The molecule has 3 rings (SSSR count). The van der Waals surface area contributed by atoms with Crippen LogP contribution < -0.4 is 5.43 Å². The summed E-state index contributed by atoms with van der Waals surface area (Å²) in [5.41, 5.74) is 0.740. The third-order valence-corrected chi connectivity index (χ3v) is 3.12. The molecule has 1 fully saturated rings. The average molecular weight is 203 g/mol. The lowest BCUT2D eigenvalue weighted by Crippen LogP contribution is -1.99. The molecule has 0 radical (unpaired) electrons. The third-order valence-electron chi connectivity index (χ3n) is 3.12. The zero-order valence-electron chi connectivity index (χ0n) is 8.44. The Labute approximate surface area is 86.9 Å². The molecule has 1 N–H and O–H groups in total. The maximum absolute atomic E-state index is 11.1. The van der Waals surface area contributed by atoms with Crippen molar-refractivity contribution in [3.05, 3.63) is 34.4 Å². The minimum Gasteiger partial charge on any atom is -0.290 e. The molecule has 2 aromatic heterocycles. The van der Waals surface area contributed by atoms with Crippen LogP contribution in [0, 0.1) is 0 Å². The Kier molecular flexibility index (Phi) is 1.87. The molecule has 0 aliphatic heterocycles. The molecular formula is C11H13N3O. The van der Waals surface area contributed by atoms with Crippen molar-refractivity contribution >= 4 is 5.65 Å².